The van der Waals surface area contributed by atoms with Crippen molar-refractivity contribution >= 4 is 34.5 Å². The zero-order valence-corrected chi connectivity index (χ0v) is 17.2. The number of rotatable bonds is 4. The number of nitrogens with zero attached hydrogens (tertiary/aromatic N) is 1. The van der Waals surface area contributed by atoms with E-state index in [0.29, 0.717) is 6.54 Å². The van der Waals surface area contributed by atoms with Gasteiger partial charge < -0.3 is 10.2 Å². The summed E-state index contributed by atoms with van der Waals surface area (Å²) in [6.45, 7) is 2.38. The smallest absolute Gasteiger partial charge is 0.263 e. The third-order valence-electron chi connectivity index (χ3n) is 5.57. The Balaban J connectivity index is 1.38. The topological polar surface area (TPSA) is 49.4 Å². The van der Waals surface area contributed by atoms with E-state index in [2.05, 4.69) is 11.4 Å². The SMILES string of the molecule is O=C(NCc1cccs1)[C@H]1CCc2sc(C(=O)N3CCCCCC3)cc2C1. The molecule has 27 heavy (non-hydrogen) atoms. The van der Waals surface area contributed by atoms with Gasteiger partial charge in [0.2, 0.25) is 5.91 Å². The highest BCUT2D eigenvalue weighted by atomic mass is 32.1. The first-order valence-electron chi connectivity index (χ1n) is 9.91. The Morgan fingerprint density at radius 3 is 2.74 bits per heavy atom. The summed E-state index contributed by atoms with van der Waals surface area (Å²) in [6.07, 6.45) is 7.23. The molecule has 1 atom stereocenters. The zero-order valence-electron chi connectivity index (χ0n) is 15.5. The molecule has 0 spiro atoms. The second-order valence-electron chi connectivity index (χ2n) is 7.50. The zero-order chi connectivity index (χ0) is 18.6. The number of carbonyl (C=O) groups is 2. The van der Waals surface area contributed by atoms with Crippen LogP contribution < -0.4 is 5.32 Å². The predicted octanol–water partition coefficient (Wildman–Crippen LogP) is 4.25. The van der Waals surface area contributed by atoms with Gasteiger partial charge in [0.15, 0.2) is 0 Å². The van der Waals surface area contributed by atoms with E-state index in [-0.39, 0.29) is 17.7 Å². The lowest BCUT2D eigenvalue weighted by atomic mass is 9.87. The summed E-state index contributed by atoms with van der Waals surface area (Å²) in [5.41, 5.74) is 1.21. The summed E-state index contributed by atoms with van der Waals surface area (Å²) in [5.74, 6) is 0.351. The Labute approximate surface area is 168 Å². The van der Waals surface area contributed by atoms with Crippen molar-refractivity contribution in [1.29, 1.82) is 0 Å². The molecule has 0 radical (unpaired) electrons. The number of hydrogen-bond donors (Lipinski definition) is 1. The first-order valence-corrected chi connectivity index (χ1v) is 11.6. The third kappa shape index (κ3) is 4.43. The fourth-order valence-electron chi connectivity index (χ4n) is 4.01. The van der Waals surface area contributed by atoms with Crippen LogP contribution in [-0.2, 0) is 24.2 Å². The van der Waals surface area contributed by atoms with Gasteiger partial charge >= 0.3 is 0 Å². The minimum Gasteiger partial charge on any atom is -0.351 e. The average molecular weight is 403 g/mol. The predicted molar refractivity (Wildman–Crippen MR) is 110 cm³/mol. The largest absolute Gasteiger partial charge is 0.351 e. The van der Waals surface area contributed by atoms with Gasteiger partial charge in [0.05, 0.1) is 11.4 Å². The van der Waals surface area contributed by atoms with Crippen LogP contribution in [0.2, 0.25) is 0 Å². The van der Waals surface area contributed by atoms with Crippen molar-refractivity contribution < 1.29 is 9.59 Å². The molecular formula is C21H26N2O2S2. The maximum absolute atomic E-state index is 12.9. The Morgan fingerprint density at radius 2 is 2.00 bits per heavy atom. The summed E-state index contributed by atoms with van der Waals surface area (Å²) >= 11 is 3.31. The number of carbonyl (C=O) groups excluding carboxylic acids is 2. The quantitative estimate of drug-likeness (QED) is 0.831. The monoisotopic (exact) mass is 402 g/mol. The maximum Gasteiger partial charge on any atom is 0.263 e. The van der Waals surface area contributed by atoms with Crippen molar-refractivity contribution in [3.63, 3.8) is 0 Å². The fourth-order valence-corrected chi connectivity index (χ4v) is 5.84. The summed E-state index contributed by atoms with van der Waals surface area (Å²) in [5, 5.41) is 5.10. The van der Waals surface area contributed by atoms with E-state index in [1.165, 1.54) is 28.2 Å². The minimum atomic E-state index is 0.0215. The van der Waals surface area contributed by atoms with E-state index in [0.717, 1.165) is 50.1 Å². The molecule has 0 aromatic carbocycles. The van der Waals surface area contributed by atoms with E-state index in [1.54, 1.807) is 22.7 Å². The molecule has 1 aliphatic heterocycles. The number of fused-ring (bicyclic) bond motifs is 1. The standard InChI is InChI=1S/C21H26N2O2S2/c24-20(22-14-17-6-5-11-26-17)15-7-8-18-16(12-15)13-19(27-18)21(25)23-9-3-1-2-4-10-23/h5-6,11,13,15H,1-4,7-10,12,14H2,(H,22,24)/t15-/m0/s1. The van der Waals surface area contributed by atoms with Crippen LogP contribution in [0, 0.1) is 5.92 Å². The van der Waals surface area contributed by atoms with Crippen molar-refractivity contribution in [1.82, 2.24) is 10.2 Å². The first-order chi connectivity index (χ1) is 13.2. The van der Waals surface area contributed by atoms with Crippen LogP contribution in [0.15, 0.2) is 23.6 Å². The molecule has 144 valence electrons. The summed E-state index contributed by atoms with van der Waals surface area (Å²) in [7, 11) is 0. The molecule has 0 unspecified atom stereocenters. The van der Waals surface area contributed by atoms with Gasteiger partial charge in [-0.2, -0.15) is 0 Å². The molecule has 1 N–H and O–H groups in total. The molecule has 2 aliphatic rings. The number of thiophene rings is 2. The average Bonchev–Trinajstić information content (AvgIpc) is 3.28. The number of likely N-dealkylation sites (tertiary alicyclic amines) is 1. The summed E-state index contributed by atoms with van der Waals surface area (Å²) < 4.78 is 0. The lowest BCUT2D eigenvalue weighted by Crippen LogP contribution is -2.33. The molecule has 1 fully saturated rings. The molecule has 0 saturated carbocycles. The van der Waals surface area contributed by atoms with Crippen molar-refractivity contribution in [3.05, 3.63) is 43.8 Å². The first kappa shape index (κ1) is 18.7. The Bertz CT molecular complexity index is 789. The maximum atomic E-state index is 12.9. The lowest BCUT2D eigenvalue weighted by molar-refractivity contribution is -0.125. The number of hydrogen-bond acceptors (Lipinski definition) is 4. The number of amides is 2. The van der Waals surface area contributed by atoms with Crippen molar-refractivity contribution in [3.8, 4) is 0 Å². The van der Waals surface area contributed by atoms with Crippen LogP contribution in [0.1, 0.15) is 57.1 Å². The highest BCUT2D eigenvalue weighted by molar-refractivity contribution is 7.14. The molecule has 2 amide bonds. The van der Waals surface area contributed by atoms with E-state index in [9.17, 15) is 9.59 Å². The molecule has 4 rings (SSSR count). The van der Waals surface area contributed by atoms with Crippen LogP contribution in [0.5, 0.6) is 0 Å². The van der Waals surface area contributed by atoms with Crippen LogP contribution in [0.4, 0.5) is 0 Å². The van der Waals surface area contributed by atoms with Crippen LogP contribution in [0.25, 0.3) is 0 Å². The van der Waals surface area contributed by atoms with E-state index < -0.39 is 0 Å². The molecule has 1 saturated heterocycles. The molecule has 4 nitrogen and oxygen atoms in total. The van der Waals surface area contributed by atoms with Gasteiger partial charge in [-0.3, -0.25) is 9.59 Å². The van der Waals surface area contributed by atoms with Crippen LogP contribution in [0.3, 0.4) is 0 Å². The molecule has 2 aromatic rings. The van der Waals surface area contributed by atoms with Crippen LogP contribution in [-0.4, -0.2) is 29.8 Å². The number of aryl methyl sites for hydroxylation is 1. The Morgan fingerprint density at radius 1 is 1.19 bits per heavy atom. The summed E-state index contributed by atoms with van der Waals surface area (Å²) in [6, 6.07) is 6.11. The van der Waals surface area contributed by atoms with Gasteiger partial charge in [-0.15, -0.1) is 22.7 Å². The van der Waals surface area contributed by atoms with Crippen molar-refractivity contribution in [2.45, 2.75) is 51.5 Å². The fraction of sp³-hybridized carbons (Fsp3) is 0.524. The molecule has 2 aromatic heterocycles. The number of nitrogens with one attached hydrogen (secondary N) is 1. The van der Waals surface area contributed by atoms with Crippen molar-refractivity contribution in [2.24, 2.45) is 5.92 Å². The second kappa shape index (κ2) is 8.57. The highest BCUT2D eigenvalue weighted by Crippen LogP contribution is 2.33. The van der Waals surface area contributed by atoms with Gasteiger partial charge in [0.1, 0.15) is 0 Å². The molecular weight excluding hydrogens is 376 g/mol. The normalized spacial score (nSPS) is 20.0. The lowest BCUT2D eigenvalue weighted by Gasteiger charge is -2.21. The molecule has 1 aliphatic carbocycles. The van der Waals surface area contributed by atoms with Crippen molar-refractivity contribution in [2.75, 3.05) is 13.1 Å². The van der Waals surface area contributed by atoms with E-state index in [1.807, 2.05) is 22.4 Å². The molecule has 3 heterocycles. The van der Waals surface area contributed by atoms with E-state index in [4.69, 9.17) is 0 Å². The third-order valence-corrected chi connectivity index (χ3v) is 7.68. The summed E-state index contributed by atoms with van der Waals surface area (Å²) in [4.78, 5) is 30.8. The second-order valence-corrected chi connectivity index (χ2v) is 9.67. The molecule has 0 bridgehead atoms. The Kier molecular flexibility index (Phi) is 5.93. The highest BCUT2D eigenvalue weighted by Gasteiger charge is 2.28. The van der Waals surface area contributed by atoms with E-state index >= 15 is 0 Å². The van der Waals surface area contributed by atoms with Gasteiger partial charge in [0.25, 0.3) is 5.91 Å². The van der Waals surface area contributed by atoms with Gasteiger partial charge in [-0.25, -0.2) is 0 Å². The van der Waals surface area contributed by atoms with Crippen LogP contribution >= 0.6 is 22.7 Å². The molecule has 6 heteroatoms. The Hall–Kier alpha value is -1.66. The van der Waals surface area contributed by atoms with Gasteiger partial charge in [-0.1, -0.05) is 18.9 Å². The van der Waals surface area contributed by atoms with Gasteiger partial charge in [0, 0.05) is 28.8 Å². The minimum absolute atomic E-state index is 0.0215. The van der Waals surface area contributed by atoms with Gasteiger partial charge in [-0.05, 0) is 55.2 Å².